The van der Waals surface area contributed by atoms with Crippen LogP contribution in [0.15, 0.2) is 18.7 Å². The van der Waals surface area contributed by atoms with E-state index in [-0.39, 0.29) is 0 Å². The number of hydrogen-bond donors (Lipinski definition) is 0. The summed E-state index contributed by atoms with van der Waals surface area (Å²) in [5, 5.41) is 0. The maximum Gasteiger partial charge on any atom is 0.0946 e. The first-order chi connectivity index (χ1) is 8.62. The van der Waals surface area contributed by atoms with Crippen LogP contribution in [-0.2, 0) is 6.54 Å². The monoisotopic (exact) mass is 250 g/mol. The molecule has 1 aromatic heterocycles. The van der Waals surface area contributed by atoms with Gasteiger partial charge in [-0.1, -0.05) is 6.92 Å². The summed E-state index contributed by atoms with van der Waals surface area (Å²) in [4.78, 5) is 9.26. The molecule has 1 aromatic rings. The van der Waals surface area contributed by atoms with E-state index >= 15 is 0 Å². The van der Waals surface area contributed by atoms with Crippen molar-refractivity contribution in [1.82, 2.24) is 19.4 Å². The van der Waals surface area contributed by atoms with Crippen LogP contribution in [0.2, 0.25) is 0 Å². The molecule has 1 fully saturated rings. The molecule has 0 aliphatic carbocycles. The van der Waals surface area contributed by atoms with Gasteiger partial charge in [0, 0.05) is 57.2 Å². The summed E-state index contributed by atoms with van der Waals surface area (Å²) >= 11 is 0. The van der Waals surface area contributed by atoms with Crippen LogP contribution in [0.1, 0.15) is 27.2 Å². The largest absolute Gasteiger partial charge is 0.336 e. The molecule has 0 bridgehead atoms. The number of rotatable bonds is 5. The Bertz CT molecular complexity index is 337. The van der Waals surface area contributed by atoms with Crippen LogP contribution in [-0.4, -0.2) is 57.6 Å². The predicted molar refractivity (Wildman–Crippen MR) is 74.6 cm³/mol. The van der Waals surface area contributed by atoms with Gasteiger partial charge in [-0.15, -0.1) is 0 Å². The third-order valence-corrected chi connectivity index (χ3v) is 4.33. The van der Waals surface area contributed by atoms with Crippen molar-refractivity contribution in [2.24, 2.45) is 0 Å². The summed E-state index contributed by atoms with van der Waals surface area (Å²) < 4.78 is 2.16. The Morgan fingerprint density at radius 3 is 2.39 bits per heavy atom. The second-order valence-corrected chi connectivity index (χ2v) is 5.80. The van der Waals surface area contributed by atoms with Gasteiger partial charge >= 0.3 is 0 Å². The molecule has 2 rings (SSSR count). The molecule has 0 aromatic carbocycles. The zero-order chi connectivity index (χ0) is 13.0. The van der Waals surface area contributed by atoms with Crippen molar-refractivity contribution in [2.45, 2.75) is 39.3 Å². The minimum Gasteiger partial charge on any atom is -0.336 e. The molecule has 1 aliphatic rings. The molecule has 0 atom stereocenters. The summed E-state index contributed by atoms with van der Waals surface area (Å²) in [5.41, 5.74) is 0.358. The highest BCUT2D eigenvalue weighted by Gasteiger charge is 2.27. The normalized spacial score (nSPS) is 19.3. The van der Waals surface area contributed by atoms with Gasteiger partial charge in [-0.3, -0.25) is 9.80 Å². The van der Waals surface area contributed by atoms with E-state index < -0.39 is 0 Å². The second-order valence-electron chi connectivity index (χ2n) is 5.80. The van der Waals surface area contributed by atoms with Crippen LogP contribution in [0.5, 0.6) is 0 Å². The molecule has 0 amide bonds. The first kappa shape index (κ1) is 13.6. The Morgan fingerprint density at radius 1 is 1.11 bits per heavy atom. The Balaban J connectivity index is 1.73. The average Bonchev–Trinajstić information content (AvgIpc) is 2.90. The number of piperazine rings is 1. The minimum atomic E-state index is 0.358. The van der Waals surface area contributed by atoms with Gasteiger partial charge in [0.1, 0.15) is 0 Å². The van der Waals surface area contributed by atoms with Crippen molar-refractivity contribution in [3.63, 3.8) is 0 Å². The van der Waals surface area contributed by atoms with Crippen molar-refractivity contribution in [2.75, 3.05) is 32.7 Å². The Morgan fingerprint density at radius 2 is 1.83 bits per heavy atom. The van der Waals surface area contributed by atoms with Crippen molar-refractivity contribution >= 4 is 0 Å². The van der Waals surface area contributed by atoms with E-state index in [0.717, 1.165) is 13.1 Å². The van der Waals surface area contributed by atoms with Gasteiger partial charge < -0.3 is 4.57 Å². The molecule has 1 aliphatic heterocycles. The van der Waals surface area contributed by atoms with E-state index in [1.165, 1.54) is 32.6 Å². The molecule has 102 valence electrons. The molecule has 0 N–H and O–H groups in total. The van der Waals surface area contributed by atoms with E-state index in [9.17, 15) is 0 Å². The molecule has 4 nitrogen and oxygen atoms in total. The molecule has 0 unspecified atom stereocenters. The topological polar surface area (TPSA) is 24.3 Å². The van der Waals surface area contributed by atoms with E-state index in [1.807, 2.05) is 18.7 Å². The van der Waals surface area contributed by atoms with Crippen LogP contribution < -0.4 is 0 Å². The molecule has 0 spiro atoms. The van der Waals surface area contributed by atoms with Gasteiger partial charge in [-0.05, 0) is 20.3 Å². The third kappa shape index (κ3) is 3.33. The van der Waals surface area contributed by atoms with Crippen molar-refractivity contribution < 1.29 is 0 Å². The zero-order valence-electron chi connectivity index (χ0n) is 12.0. The fraction of sp³-hybridized carbons (Fsp3) is 0.786. The lowest BCUT2D eigenvalue weighted by atomic mass is 9.98. The van der Waals surface area contributed by atoms with Gasteiger partial charge in [-0.2, -0.15) is 0 Å². The van der Waals surface area contributed by atoms with Crippen LogP contribution in [0, 0.1) is 0 Å². The van der Waals surface area contributed by atoms with Crippen molar-refractivity contribution in [1.29, 1.82) is 0 Å². The SMILES string of the molecule is CCC(C)(C)N1CCN(CCn2ccnc2)CC1. The van der Waals surface area contributed by atoms with Gasteiger partial charge in [0.2, 0.25) is 0 Å². The summed E-state index contributed by atoms with van der Waals surface area (Å²) in [6.45, 7) is 14.0. The average molecular weight is 250 g/mol. The molecule has 0 saturated carbocycles. The number of nitrogens with zero attached hydrogens (tertiary/aromatic N) is 4. The van der Waals surface area contributed by atoms with E-state index in [4.69, 9.17) is 0 Å². The van der Waals surface area contributed by atoms with Gasteiger partial charge in [0.05, 0.1) is 6.33 Å². The molecule has 0 radical (unpaired) electrons. The van der Waals surface area contributed by atoms with Gasteiger partial charge in [-0.25, -0.2) is 4.98 Å². The molecule has 18 heavy (non-hydrogen) atoms. The fourth-order valence-electron chi connectivity index (χ4n) is 2.48. The summed E-state index contributed by atoms with van der Waals surface area (Å²) in [5.74, 6) is 0. The van der Waals surface area contributed by atoms with Crippen LogP contribution >= 0.6 is 0 Å². The number of imidazole rings is 1. The third-order valence-electron chi connectivity index (χ3n) is 4.33. The molecule has 4 heteroatoms. The number of hydrogen-bond acceptors (Lipinski definition) is 3. The molecular formula is C14H26N4. The van der Waals surface area contributed by atoms with Crippen LogP contribution in [0.25, 0.3) is 0 Å². The molecule has 1 saturated heterocycles. The standard InChI is InChI=1S/C14H26N4/c1-4-14(2,3)18-11-9-16(10-12-18)7-8-17-6-5-15-13-17/h5-6,13H,4,7-12H2,1-3H3. The highest BCUT2D eigenvalue weighted by Crippen LogP contribution is 2.20. The first-order valence-corrected chi connectivity index (χ1v) is 7.05. The lowest BCUT2D eigenvalue weighted by molar-refractivity contribution is 0.0488. The van der Waals surface area contributed by atoms with Gasteiger partial charge in [0.25, 0.3) is 0 Å². The zero-order valence-corrected chi connectivity index (χ0v) is 12.0. The summed E-state index contributed by atoms with van der Waals surface area (Å²) in [6, 6.07) is 0. The Kier molecular flexibility index (Phi) is 4.40. The first-order valence-electron chi connectivity index (χ1n) is 7.05. The molecular weight excluding hydrogens is 224 g/mol. The lowest BCUT2D eigenvalue weighted by Gasteiger charge is -2.43. The van der Waals surface area contributed by atoms with Crippen molar-refractivity contribution in [3.05, 3.63) is 18.7 Å². The number of aromatic nitrogens is 2. The van der Waals surface area contributed by atoms with E-state index in [1.54, 1.807) is 0 Å². The second kappa shape index (κ2) is 5.85. The smallest absolute Gasteiger partial charge is 0.0946 e. The maximum atomic E-state index is 4.08. The Hall–Kier alpha value is -0.870. The highest BCUT2D eigenvalue weighted by atomic mass is 15.3. The van der Waals surface area contributed by atoms with Crippen LogP contribution in [0.4, 0.5) is 0 Å². The predicted octanol–water partition coefficient (Wildman–Crippen LogP) is 1.69. The van der Waals surface area contributed by atoms with Crippen LogP contribution in [0.3, 0.4) is 0 Å². The quantitative estimate of drug-likeness (QED) is 0.795. The van der Waals surface area contributed by atoms with Gasteiger partial charge in [0.15, 0.2) is 0 Å². The summed E-state index contributed by atoms with van der Waals surface area (Å²) in [7, 11) is 0. The van der Waals surface area contributed by atoms with Crippen molar-refractivity contribution in [3.8, 4) is 0 Å². The summed E-state index contributed by atoms with van der Waals surface area (Å²) in [6.07, 6.45) is 7.01. The van der Waals surface area contributed by atoms with E-state index in [0.29, 0.717) is 5.54 Å². The lowest BCUT2D eigenvalue weighted by Crippen LogP contribution is -2.54. The van der Waals surface area contributed by atoms with E-state index in [2.05, 4.69) is 40.1 Å². The molecule has 2 heterocycles. The Labute approximate surface area is 111 Å². The highest BCUT2D eigenvalue weighted by molar-refractivity contribution is 4.84. The minimum absolute atomic E-state index is 0.358. The fourth-order valence-corrected chi connectivity index (χ4v) is 2.48. The maximum absolute atomic E-state index is 4.08.